The first-order valence-corrected chi connectivity index (χ1v) is 8.33. The maximum Gasteiger partial charge on any atom is 0.244 e. The smallest absolute Gasteiger partial charge is 0.244 e. The molecule has 2 aliphatic rings. The molecule has 0 unspecified atom stereocenters. The van der Waals surface area contributed by atoms with Gasteiger partial charge in [0.25, 0.3) is 0 Å². The molecule has 6 heteroatoms. The molecule has 120 valence electrons. The Morgan fingerprint density at radius 3 is 2.39 bits per heavy atom. The topological polar surface area (TPSA) is 66.5 Å². The van der Waals surface area contributed by atoms with E-state index in [-0.39, 0.29) is 36.1 Å². The molecule has 1 aromatic carbocycles. The van der Waals surface area contributed by atoms with Gasteiger partial charge in [0, 0.05) is 10.2 Å². The fourth-order valence-corrected chi connectivity index (χ4v) is 3.42. The number of benzene rings is 1. The summed E-state index contributed by atoms with van der Waals surface area (Å²) in [6, 6.07) is 5.46. The van der Waals surface area contributed by atoms with Crippen molar-refractivity contribution < 1.29 is 14.4 Å². The molecule has 1 heterocycles. The minimum Gasteiger partial charge on any atom is -0.324 e. The van der Waals surface area contributed by atoms with Crippen LogP contribution in [0.25, 0.3) is 0 Å². The number of imide groups is 1. The summed E-state index contributed by atoms with van der Waals surface area (Å²) in [6.45, 7) is 1.73. The number of aryl methyl sites for hydroxylation is 1. The lowest BCUT2D eigenvalue weighted by Gasteiger charge is -2.14. The number of rotatable bonds is 3. The van der Waals surface area contributed by atoms with E-state index in [1.54, 1.807) is 12.1 Å². The van der Waals surface area contributed by atoms with E-state index in [0.29, 0.717) is 18.5 Å². The summed E-state index contributed by atoms with van der Waals surface area (Å²) in [7, 11) is 0. The van der Waals surface area contributed by atoms with Crippen molar-refractivity contribution in [3.63, 3.8) is 0 Å². The van der Waals surface area contributed by atoms with E-state index in [2.05, 4.69) is 21.2 Å². The standard InChI is InChI=1S/C17H17BrN2O3/c1-10-6-7-11(8-14(10)18)19-15(21)9-20-16(22)12-4-2-3-5-13(12)17(20)23/h2-3,6-8,12-13H,4-5,9H2,1H3,(H,19,21)/t12-,13+. The van der Waals surface area contributed by atoms with Gasteiger partial charge in [-0.25, -0.2) is 0 Å². The van der Waals surface area contributed by atoms with E-state index in [1.165, 1.54) is 0 Å². The third kappa shape index (κ3) is 3.08. The molecular weight excluding hydrogens is 360 g/mol. The van der Waals surface area contributed by atoms with Gasteiger partial charge in [0.2, 0.25) is 17.7 Å². The third-order valence-electron chi connectivity index (χ3n) is 4.36. The average molecular weight is 377 g/mol. The monoisotopic (exact) mass is 376 g/mol. The van der Waals surface area contributed by atoms with Crippen LogP contribution in [0.15, 0.2) is 34.8 Å². The normalized spacial score (nSPS) is 23.1. The van der Waals surface area contributed by atoms with Crippen LogP contribution in [0.2, 0.25) is 0 Å². The minimum absolute atomic E-state index is 0.226. The molecule has 0 aromatic heterocycles. The Morgan fingerprint density at radius 1 is 1.22 bits per heavy atom. The number of carbonyl (C=O) groups excluding carboxylic acids is 3. The molecule has 0 radical (unpaired) electrons. The van der Waals surface area contributed by atoms with Crippen molar-refractivity contribution >= 4 is 39.3 Å². The van der Waals surface area contributed by atoms with Crippen LogP contribution < -0.4 is 5.32 Å². The van der Waals surface area contributed by atoms with Gasteiger partial charge in [0.05, 0.1) is 11.8 Å². The van der Waals surface area contributed by atoms with Crippen LogP contribution >= 0.6 is 15.9 Å². The summed E-state index contributed by atoms with van der Waals surface area (Å²) in [5.41, 5.74) is 1.69. The molecule has 1 aromatic rings. The van der Waals surface area contributed by atoms with E-state index in [1.807, 2.05) is 25.1 Å². The fourth-order valence-electron chi connectivity index (χ4n) is 3.04. The minimum atomic E-state index is -0.367. The summed E-state index contributed by atoms with van der Waals surface area (Å²) in [6.07, 6.45) is 5.02. The highest BCUT2D eigenvalue weighted by Crippen LogP contribution is 2.34. The quantitative estimate of drug-likeness (QED) is 0.651. The SMILES string of the molecule is Cc1ccc(NC(=O)CN2C(=O)[C@H]3CC=CC[C@H]3C2=O)cc1Br. The number of likely N-dealkylation sites (tertiary alicyclic amines) is 1. The Balaban J connectivity index is 1.67. The van der Waals surface area contributed by atoms with Crippen molar-refractivity contribution in [1.82, 2.24) is 4.90 Å². The van der Waals surface area contributed by atoms with Crippen LogP contribution in [-0.4, -0.2) is 29.2 Å². The van der Waals surface area contributed by atoms with Crippen molar-refractivity contribution in [3.8, 4) is 0 Å². The van der Waals surface area contributed by atoms with Gasteiger partial charge in [0.1, 0.15) is 6.54 Å². The number of amides is 3. The third-order valence-corrected chi connectivity index (χ3v) is 5.21. The van der Waals surface area contributed by atoms with Gasteiger partial charge in [-0.1, -0.05) is 34.1 Å². The number of halogens is 1. The predicted molar refractivity (Wildman–Crippen MR) is 89.6 cm³/mol. The second kappa shape index (κ2) is 6.28. The molecule has 1 aliphatic heterocycles. The molecule has 23 heavy (non-hydrogen) atoms. The van der Waals surface area contributed by atoms with Crippen LogP contribution in [0.1, 0.15) is 18.4 Å². The number of hydrogen-bond acceptors (Lipinski definition) is 3. The van der Waals surface area contributed by atoms with Crippen LogP contribution in [0.3, 0.4) is 0 Å². The zero-order valence-corrected chi connectivity index (χ0v) is 14.3. The number of hydrogen-bond donors (Lipinski definition) is 1. The molecule has 1 saturated heterocycles. The average Bonchev–Trinajstić information content (AvgIpc) is 2.76. The first-order chi connectivity index (χ1) is 11.0. The van der Waals surface area contributed by atoms with Gasteiger partial charge in [-0.3, -0.25) is 19.3 Å². The highest BCUT2D eigenvalue weighted by molar-refractivity contribution is 9.10. The van der Waals surface area contributed by atoms with Gasteiger partial charge in [-0.15, -0.1) is 0 Å². The lowest BCUT2D eigenvalue weighted by Crippen LogP contribution is -2.38. The Hall–Kier alpha value is -1.95. The summed E-state index contributed by atoms with van der Waals surface area (Å²) in [4.78, 5) is 37.9. The van der Waals surface area contributed by atoms with Gasteiger partial charge < -0.3 is 5.32 Å². The molecule has 0 spiro atoms. The maximum absolute atomic E-state index is 12.3. The van der Waals surface area contributed by atoms with Gasteiger partial charge in [-0.05, 0) is 37.5 Å². The molecular formula is C17H17BrN2O3. The van der Waals surface area contributed by atoms with Crippen LogP contribution in [-0.2, 0) is 14.4 Å². The van der Waals surface area contributed by atoms with Gasteiger partial charge >= 0.3 is 0 Å². The largest absolute Gasteiger partial charge is 0.324 e. The summed E-state index contributed by atoms with van der Waals surface area (Å²) < 4.78 is 0.890. The molecule has 3 rings (SSSR count). The maximum atomic E-state index is 12.3. The molecule has 0 saturated carbocycles. The van der Waals surface area contributed by atoms with Crippen LogP contribution in [0, 0.1) is 18.8 Å². The zero-order chi connectivity index (χ0) is 16.6. The Labute approximate surface area is 142 Å². The van der Waals surface area contributed by atoms with E-state index >= 15 is 0 Å². The molecule has 2 atom stereocenters. The predicted octanol–water partition coefficient (Wildman–Crippen LogP) is 2.65. The number of allylic oxidation sites excluding steroid dienone is 2. The fraction of sp³-hybridized carbons (Fsp3) is 0.353. The molecule has 5 nitrogen and oxygen atoms in total. The van der Waals surface area contributed by atoms with Crippen LogP contribution in [0.5, 0.6) is 0 Å². The summed E-state index contributed by atoms with van der Waals surface area (Å²) in [5, 5.41) is 2.73. The number of anilines is 1. The highest BCUT2D eigenvalue weighted by Gasteiger charge is 2.47. The first-order valence-electron chi connectivity index (χ1n) is 7.53. The van der Waals surface area contributed by atoms with Crippen molar-refractivity contribution in [2.24, 2.45) is 11.8 Å². The lowest BCUT2D eigenvalue weighted by molar-refractivity contribution is -0.142. The number of fused-ring (bicyclic) bond motifs is 1. The second-order valence-electron chi connectivity index (χ2n) is 5.93. The lowest BCUT2D eigenvalue weighted by atomic mass is 9.85. The van der Waals surface area contributed by atoms with Gasteiger partial charge in [-0.2, -0.15) is 0 Å². The van der Waals surface area contributed by atoms with Crippen molar-refractivity contribution in [3.05, 3.63) is 40.4 Å². The van der Waals surface area contributed by atoms with E-state index in [4.69, 9.17) is 0 Å². The number of carbonyl (C=O) groups is 3. The summed E-state index contributed by atoms with van der Waals surface area (Å²) >= 11 is 3.41. The zero-order valence-electron chi connectivity index (χ0n) is 12.7. The van der Waals surface area contributed by atoms with E-state index < -0.39 is 0 Å². The molecule has 1 aliphatic carbocycles. The van der Waals surface area contributed by atoms with Crippen molar-refractivity contribution in [2.75, 3.05) is 11.9 Å². The Morgan fingerprint density at radius 2 is 1.83 bits per heavy atom. The molecule has 0 bridgehead atoms. The van der Waals surface area contributed by atoms with E-state index in [0.717, 1.165) is 14.9 Å². The highest BCUT2D eigenvalue weighted by atomic mass is 79.9. The Kier molecular flexibility index (Phi) is 4.35. The first kappa shape index (κ1) is 15.9. The van der Waals surface area contributed by atoms with Crippen molar-refractivity contribution in [1.29, 1.82) is 0 Å². The molecule has 1 fully saturated rings. The number of nitrogens with zero attached hydrogens (tertiary/aromatic N) is 1. The van der Waals surface area contributed by atoms with E-state index in [9.17, 15) is 14.4 Å². The second-order valence-corrected chi connectivity index (χ2v) is 6.78. The molecule has 1 N–H and O–H groups in total. The Bertz CT molecular complexity index is 688. The summed E-state index contributed by atoms with van der Waals surface area (Å²) in [5.74, 6) is -1.43. The van der Waals surface area contributed by atoms with Crippen LogP contribution in [0.4, 0.5) is 5.69 Å². The van der Waals surface area contributed by atoms with Crippen molar-refractivity contribution in [2.45, 2.75) is 19.8 Å². The molecule has 3 amide bonds. The van der Waals surface area contributed by atoms with Gasteiger partial charge in [0.15, 0.2) is 0 Å². The number of nitrogens with one attached hydrogen (secondary N) is 1.